The SMILES string of the molecule is Cc1cc(NC(=O)CN2CCC3C(C[C@@H]3OC(=O)C3(c4ccccc4)CCCCCC3)C2)no1. The Morgan fingerprint density at radius 3 is 2.62 bits per heavy atom. The molecular weight excluding hydrogens is 430 g/mol. The summed E-state index contributed by atoms with van der Waals surface area (Å²) in [6, 6.07) is 12.0. The van der Waals surface area contributed by atoms with Crippen molar-refractivity contribution in [3.8, 4) is 0 Å². The molecule has 0 bridgehead atoms. The minimum atomic E-state index is -0.499. The summed E-state index contributed by atoms with van der Waals surface area (Å²) in [5.41, 5.74) is 0.613. The summed E-state index contributed by atoms with van der Waals surface area (Å²) >= 11 is 0. The maximum Gasteiger partial charge on any atom is 0.316 e. The fourth-order valence-corrected chi connectivity index (χ4v) is 6.18. The van der Waals surface area contributed by atoms with E-state index in [0.717, 1.165) is 57.2 Å². The van der Waals surface area contributed by atoms with E-state index >= 15 is 0 Å². The fourth-order valence-electron chi connectivity index (χ4n) is 6.18. The number of aromatic nitrogens is 1. The van der Waals surface area contributed by atoms with Crippen LogP contribution in [-0.4, -0.2) is 47.7 Å². The van der Waals surface area contributed by atoms with Gasteiger partial charge in [0.1, 0.15) is 11.9 Å². The molecule has 7 heteroatoms. The number of ether oxygens (including phenoxy) is 1. The first kappa shape index (κ1) is 23.1. The number of piperidine rings is 1. The highest BCUT2D eigenvalue weighted by atomic mass is 16.5. The van der Waals surface area contributed by atoms with Crippen LogP contribution in [0.25, 0.3) is 0 Å². The predicted octanol–water partition coefficient (Wildman–Crippen LogP) is 4.47. The molecule has 2 aliphatic carbocycles. The highest BCUT2D eigenvalue weighted by molar-refractivity contribution is 5.91. The van der Waals surface area contributed by atoms with E-state index in [9.17, 15) is 9.59 Å². The predicted molar refractivity (Wildman–Crippen MR) is 128 cm³/mol. The summed E-state index contributed by atoms with van der Waals surface area (Å²) in [6.45, 7) is 3.85. The van der Waals surface area contributed by atoms with Gasteiger partial charge in [0.25, 0.3) is 0 Å². The quantitative estimate of drug-likeness (QED) is 0.501. The third-order valence-electron chi connectivity index (χ3n) is 8.08. The number of benzene rings is 1. The Balaban J connectivity index is 1.16. The van der Waals surface area contributed by atoms with E-state index in [4.69, 9.17) is 9.26 Å². The minimum absolute atomic E-state index is 0.00965. The van der Waals surface area contributed by atoms with E-state index in [2.05, 4.69) is 27.5 Å². The molecule has 34 heavy (non-hydrogen) atoms. The Morgan fingerprint density at radius 2 is 1.94 bits per heavy atom. The number of nitrogens with zero attached hydrogens (tertiary/aromatic N) is 2. The molecule has 3 fully saturated rings. The number of aryl methyl sites for hydroxylation is 1. The van der Waals surface area contributed by atoms with Gasteiger partial charge in [0.05, 0.1) is 12.0 Å². The summed E-state index contributed by atoms with van der Waals surface area (Å²) < 4.78 is 11.3. The number of rotatable bonds is 6. The van der Waals surface area contributed by atoms with Gasteiger partial charge >= 0.3 is 5.97 Å². The third kappa shape index (κ3) is 4.76. The van der Waals surface area contributed by atoms with Gasteiger partial charge in [-0.25, -0.2) is 0 Å². The Kier molecular flexibility index (Phi) is 6.73. The standard InChI is InChI=1S/C27H35N3O4/c1-19-15-24(29-34-19)28-25(31)18-30-14-11-22-20(17-30)16-23(22)33-26(32)27(12-7-2-3-8-13-27)21-9-5-4-6-10-21/h4-6,9-10,15,20,22-23H,2-3,7-8,11-14,16-18H2,1H3,(H,28,29,31)/t20?,22?,23-/m0/s1. The second-order valence-electron chi connectivity index (χ2n) is 10.4. The highest BCUT2D eigenvalue weighted by Gasteiger charge is 2.49. The van der Waals surface area contributed by atoms with Gasteiger partial charge < -0.3 is 14.6 Å². The topological polar surface area (TPSA) is 84.7 Å². The highest BCUT2D eigenvalue weighted by Crippen LogP contribution is 2.45. The molecule has 2 heterocycles. The fraction of sp³-hybridized carbons (Fsp3) is 0.593. The van der Waals surface area contributed by atoms with Crippen molar-refractivity contribution >= 4 is 17.7 Å². The zero-order valence-electron chi connectivity index (χ0n) is 20.0. The van der Waals surface area contributed by atoms with Gasteiger partial charge in [-0.2, -0.15) is 0 Å². The molecule has 1 N–H and O–H groups in total. The number of hydrogen-bond donors (Lipinski definition) is 1. The molecule has 7 nitrogen and oxygen atoms in total. The van der Waals surface area contributed by atoms with Crippen molar-refractivity contribution in [2.24, 2.45) is 11.8 Å². The van der Waals surface area contributed by atoms with Gasteiger partial charge in [-0.3, -0.25) is 14.5 Å². The Hall–Kier alpha value is -2.67. The van der Waals surface area contributed by atoms with Crippen molar-refractivity contribution in [3.05, 3.63) is 47.7 Å². The molecule has 0 spiro atoms. The normalized spacial score (nSPS) is 26.6. The van der Waals surface area contributed by atoms with E-state index in [1.165, 1.54) is 12.8 Å². The number of likely N-dealkylation sites (tertiary alicyclic amines) is 1. The molecule has 5 rings (SSSR count). The molecule has 2 aromatic rings. The number of amides is 1. The van der Waals surface area contributed by atoms with E-state index in [1.54, 1.807) is 13.0 Å². The number of carbonyl (C=O) groups excluding carboxylic acids is 2. The summed E-state index contributed by atoms with van der Waals surface area (Å²) in [5, 5.41) is 6.62. The van der Waals surface area contributed by atoms with Crippen LogP contribution < -0.4 is 5.32 Å². The second kappa shape index (κ2) is 9.90. The number of hydrogen-bond acceptors (Lipinski definition) is 6. The van der Waals surface area contributed by atoms with Crippen LogP contribution in [0.5, 0.6) is 0 Å². The van der Waals surface area contributed by atoms with Gasteiger partial charge in [-0.15, -0.1) is 0 Å². The van der Waals surface area contributed by atoms with Crippen LogP contribution in [-0.2, 0) is 19.7 Å². The van der Waals surface area contributed by atoms with E-state index < -0.39 is 5.41 Å². The van der Waals surface area contributed by atoms with Crippen molar-refractivity contribution in [2.45, 2.75) is 69.8 Å². The molecule has 3 atom stereocenters. The maximum atomic E-state index is 13.6. The van der Waals surface area contributed by atoms with Gasteiger partial charge in [0.2, 0.25) is 5.91 Å². The van der Waals surface area contributed by atoms with Crippen LogP contribution in [0.2, 0.25) is 0 Å². The molecule has 2 unspecified atom stereocenters. The molecule has 2 saturated carbocycles. The zero-order valence-corrected chi connectivity index (χ0v) is 20.0. The Labute approximate surface area is 201 Å². The molecule has 0 radical (unpaired) electrons. The third-order valence-corrected chi connectivity index (χ3v) is 8.08. The van der Waals surface area contributed by atoms with Gasteiger partial charge in [-0.05, 0) is 50.6 Å². The van der Waals surface area contributed by atoms with Crippen LogP contribution in [0.1, 0.15) is 62.7 Å². The van der Waals surface area contributed by atoms with Crippen molar-refractivity contribution in [1.82, 2.24) is 10.1 Å². The summed E-state index contributed by atoms with van der Waals surface area (Å²) in [5.74, 6) is 1.92. The van der Waals surface area contributed by atoms with Crippen molar-refractivity contribution in [3.63, 3.8) is 0 Å². The summed E-state index contributed by atoms with van der Waals surface area (Å²) in [6.07, 6.45) is 8.15. The molecule has 3 aliphatic rings. The molecule has 1 amide bonds. The molecule has 182 valence electrons. The number of nitrogens with one attached hydrogen (secondary N) is 1. The Morgan fingerprint density at radius 1 is 1.18 bits per heavy atom. The first-order valence-corrected chi connectivity index (χ1v) is 12.8. The van der Waals surface area contributed by atoms with Gasteiger partial charge in [0.15, 0.2) is 5.82 Å². The second-order valence-corrected chi connectivity index (χ2v) is 10.4. The smallest absolute Gasteiger partial charge is 0.316 e. The average Bonchev–Trinajstić information content (AvgIpc) is 3.07. The first-order valence-electron chi connectivity index (χ1n) is 12.8. The first-order chi connectivity index (χ1) is 16.5. The van der Waals surface area contributed by atoms with E-state index in [-0.39, 0.29) is 18.0 Å². The molecule has 1 aromatic heterocycles. The number of carbonyl (C=O) groups is 2. The monoisotopic (exact) mass is 465 g/mol. The van der Waals surface area contributed by atoms with Crippen molar-refractivity contribution < 1.29 is 18.8 Å². The van der Waals surface area contributed by atoms with E-state index in [0.29, 0.717) is 30.0 Å². The number of esters is 1. The molecule has 1 saturated heterocycles. The molecular formula is C27H35N3O4. The average molecular weight is 466 g/mol. The summed E-state index contributed by atoms with van der Waals surface area (Å²) in [4.78, 5) is 28.2. The summed E-state index contributed by atoms with van der Waals surface area (Å²) in [7, 11) is 0. The van der Waals surface area contributed by atoms with Crippen LogP contribution in [0.15, 0.2) is 40.9 Å². The van der Waals surface area contributed by atoms with Crippen LogP contribution in [0.3, 0.4) is 0 Å². The lowest BCUT2D eigenvalue weighted by Crippen LogP contribution is -2.56. The maximum absolute atomic E-state index is 13.6. The lowest BCUT2D eigenvalue weighted by Gasteiger charge is -2.50. The van der Waals surface area contributed by atoms with Crippen LogP contribution in [0, 0.1) is 18.8 Å². The number of fused-ring (bicyclic) bond motifs is 1. The lowest BCUT2D eigenvalue weighted by molar-refractivity contribution is -0.176. The zero-order chi connectivity index (χ0) is 23.5. The van der Waals surface area contributed by atoms with E-state index in [1.807, 2.05) is 18.2 Å². The minimum Gasteiger partial charge on any atom is -0.461 e. The molecule has 1 aromatic carbocycles. The van der Waals surface area contributed by atoms with Crippen LogP contribution >= 0.6 is 0 Å². The Bertz CT molecular complexity index is 996. The lowest BCUT2D eigenvalue weighted by atomic mass is 9.66. The molecule has 1 aliphatic heterocycles. The van der Waals surface area contributed by atoms with Crippen LogP contribution in [0.4, 0.5) is 5.82 Å². The van der Waals surface area contributed by atoms with Gasteiger partial charge in [-0.1, -0.05) is 61.2 Å². The van der Waals surface area contributed by atoms with Gasteiger partial charge in [0, 0.05) is 18.5 Å². The number of anilines is 1. The van der Waals surface area contributed by atoms with Crippen molar-refractivity contribution in [1.29, 1.82) is 0 Å². The largest absolute Gasteiger partial charge is 0.461 e. The van der Waals surface area contributed by atoms with Crippen molar-refractivity contribution in [2.75, 3.05) is 25.0 Å².